The molecule has 0 radical (unpaired) electrons. The van der Waals surface area contributed by atoms with Crippen molar-refractivity contribution in [3.63, 3.8) is 0 Å². The Labute approximate surface area is 93.0 Å². The zero-order valence-corrected chi connectivity index (χ0v) is 9.66. The maximum Gasteiger partial charge on any atom is 0.140 e. The fourth-order valence-electron chi connectivity index (χ4n) is 1.36. The average molecular weight is 222 g/mol. The highest BCUT2D eigenvalue weighted by molar-refractivity contribution is 7.10. The van der Waals surface area contributed by atoms with Gasteiger partial charge >= 0.3 is 0 Å². The Morgan fingerprint density at radius 3 is 3.07 bits per heavy atom. The summed E-state index contributed by atoms with van der Waals surface area (Å²) in [5.74, 6) is 0.957. The maximum absolute atomic E-state index is 4.16. The van der Waals surface area contributed by atoms with E-state index in [1.165, 1.54) is 4.88 Å². The molecule has 2 aromatic heterocycles. The molecule has 1 N–H and O–H groups in total. The Hall–Kier alpha value is -1.20. The lowest BCUT2D eigenvalue weighted by molar-refractivity contribution is 0.546. The van der Waals surface area contributed by atoms with E-state index in [4.69, 9.17) is 0 Å². The van der Waals surface area contributed by atoms with Crippen LogP contribution in [0.25, 0.3) is 0 Å². The summed E-state index contributed by atoms with van der Waals surface area (Å²) >= 11 is 1.77. The molecule has 5 heteroatoms. The summed E-state index contributed by atoms with van der Waals surface area (Å²) in [5, 5.41) is 9.53. The van der Waals surface area contributed by atoms with Crippen molar-refractivity contribution in [2.75, 3.05) is 0 Å². The molecule has 0 saturated carbocycles. The van der Waals surface area contributed by atoms with Crippen LogP contribution in [0, 0.1) is 0 Å². The number of thiophene rings is 1. The topological polar surface area (TPSA) is 42.7 Å². The van der Waals surface area contributed by atoms with Gasteiger partial charge < -0.3 is 5.32 Å². The van der Waals surface area contributed by atoms with E-state index in [9.17, 15) is 0 Å². The Bertz CT molecular complexity index is 407. The smallest absolute Gasteiger partial charge is 0.140 e. The molecule has 15 heavy (non-hydrogen) atoms. The standard InChI is InChI=1S/C10H14N4S/c1-8(9-4-3-5-15-9)11-6-10-12-7-13-14(10)2/h3-5,7-8,11H,6H2,1-2H3. The number of hydrogen-bond acceptors (Lipinski definition) is 4. The van der Waals surface area contributed by atoms with Crippen LogP contribution >= 0.6 is 11.3 Å². The third-order valence-electron chi connectivity index (χ3n) is 2.34. The highest BCUT2D eigenvalue weighted by Crippen LogP contribution is 2.18. The molecule has 0 aliphatic rings. The number of aryl methyl sites for hydroxylation is 1. The predicted molar refractivity (Wildman–Crippen MR) is 60.6 cm³/mol. The van der Waals surface area contributed by atoms with Crippen LogP contribution in [-0.4, -0.2) is 14.8 Å². The van der Waals surface area contributed by atoms with Gasteiger partial charge in [0.2, 0.25) is 0 Å². The van der Waals surface area contributed by atoms with Crippen LogP contribution in [0.15, 0.2) is 23.8 Å². The zero-order chi connectivity index (χ0) is 10.7. The van der Waals surface area contributed by atoms with E-state index in [-0.39, 0.29) is 0 Å². The minimum Gasteiger partial charge on any atom is -0.302 e. The molecule has 0 saturated heterocycles. The molecule has 2 heterocycles. The summed E-state index contributed by atoms with van der Waals surface area (Å²) in [7, 11) is 1.90. The third kappa shape index (κ3) is 2.43. The first-order valence-corrected chi connectivity index (χ1v) is 5.75. The molecule has 1 atom stereocenters. The molecule has 80 valence electrons. The molecule has 0 spiro atoms. The Morgan fingerprint density at radius 1 is 1.60 bits per heavy atom. The van der Waals surface area contributed by atoms with Crippen LogP contribution in [0.3, 0.4) is 0 Å². The van der Waals surface area contributed by atoms with Crippen molar-refractivity contribution in [3.8, 4) is 0 Å². The van der Waals surface area contributed by atoms with Gasteiger partial charge in [0.05, 0.1) is 6.54 Å². The van der Waals surface area contributed by atoms with Gasteiger partial charge in [0.25, 0.3) is 0 Å². The fraction of sp³-hybridized carbons (Fsp3) is 0.400. The number of nitrogens with zero attached hydrogens (tertiary/aromatic N) is 3. The fourth-order valence-corrected chi connectivity index (χ4v) is 2.12. The van der Waals surface area contributed by atoms with E-state index in [1.807, 2.05) is 7.05 Å². The van der Waals surface area contributed by atoms with E-state index >= 15 is 0 Å². The molecule has 0 aromatic carbocycles. The number of aromatic nitrogens is 3. The molecule has 2 rings (SSSR count). The zero-order valence-electron chi connectivity index (χ0n) is 8.84. The maximum atomic E-state index is 4.16. The minimum atomic E-state index is 0.363. The molecule has 4 nitrogen and oxygen atoms in total. The number of rotatable bonds is 4. The molecule has 0 aliphatic carbocycles. The first-order valence-electron chi connectivity index (χ1n) is 4.87. The highest BCUT2D eigenvalue weighted by atomic mass is 32.1. The molecule has 1 unspecified atom stereocenters. The van der Waals surface area contributed by atoms with Gasteiger partial charge in [-0.05, 0) is 18.4 Å². The molecule has 0 fully saturated rings. The normalized spacial score (nSPS) is 12.9. The summed E-state index contributed by atoms with van der Waals surface area (Å²) in [4.78, 5) is 5.51. The average Bonchev–Trinajstić information content (AvgIpc) is 2.85. The predicted octanol–water partition coefficient (Wildman–Crippen LogP) is 1.73. The minimum absolute atomic E-state index is 0.363. The van der Waals surface area contributed by atoms with Gasteiger partial charge in [-0.1, -0.05) is 6.07 Å². The monoisotopic (exact) mass is 222 g/mol. The van der Waals surface area contributed by atoms with Crippen LogP contribution < -0.4 is 5.32 Å². The van der Waals surface area contributed by atoms with Gasteiger partial charge in [-0.3, -0.25) is 4.68 Å². The second-order valence-corrected chi connectivity index (χ2v) is 4.40. The lowest BCUT2D eigenvalue weighted by atomic mass is 10.3. The van der Waals surface area contributed by atoms with Crippen molar-refractivity contribution in [2.45, 2.75) is 19.5 Å². The van der Waals surface area contributed by atoms with E-state index in [0.717, 1.165) is 12.4 Å². The molecule has 0 aliphatic heterocycles. The van der Waals surface area contributed by atoms with Crippen LogP contribution in [0.2, 0.25) is 0 Å². The Kier molecular flexibility index (Phi) is 3.13. The van der Waals surface area contributed by atoms with E-state index < -0.39 is 0 Å². The summed E-state index contributed by atoms with van der Waals surface area (Å²) in [5.41, 5.74) is 0. The summed E-state index contributed by atoms with van der Waals surface area (Å²) in [6.45, 7) is 2.90. The second kappa shape index (κ2) is 4.55. The van der Waals surface area contributed by atoms with Gasteiger partial charge in [0.1, 0.15) is 12.2 Å². The van der Waals surface area contributed by atoms with Crippen molar-refractivity contribution < 1.29 is 0 Å². The summed E-state index contributed by atoms with van der Waals surface area (Å²) in [6, 6.07) is 4.57. The van der Waals surface area contributed by atoms with Crippen LogP contribution in [0.4, 0.5) is 0 Å². The van der Waals surface area contributed by atoms with Gasteiger partial charge in [0.15, 0.2) is 0 Å². The van der Waals surface area contributed by atoms with Crippen molar-refractivity contribution in [2.24, 2.45) is 7.05 Å². The molecule has 0 amide bonds. The Balaban J connectivity index is 1.91. The van der Waals surface area contributed by atoms with Gasteiger partial charge in [-0.2, -0.15) is 5.10 Å². The lowest BCUT2D eigenvalue weighted by Crippen LogP contribution is -2.19. The van der Waals surface area contributed by atoms with Crippen LogP contribution in [-0.2, 0) is 13.6 Å². The van der Waals surface area contributed by atoms with E-state index in [1.54, 1.807) is 22.3 Å². The number of hydrogen-bond donors (Lipinski definition) is 1. The first kappa shape index (κ1) is 10.3. The molecule has 2 aromatic rings. The van der Waals surface area contributed by atoms with E-state index in [2.05, 4.69) is 39.8 Å². The van der Waals surface area contributed by atoms with Crippen LogP contribution in [0.1, 0.15) is 23.7 Å². The first-order chi connectivity index (χ1) is 7.27. The third-order valence-corrected chi connectivity index (χ3v) is 3.40. The number of nitrogens with one attached hydrogen (secondary N) is 1. The van der Waals surface area contributed by atoms with Crippen molar-refractivity contribution in [1.82, 2.24) is 20.1 Å². The summed E-state index contributed by atoms with van der Waals surface area (Å²) in [6.07, 6.45) is 1.58. The molecule has 0 bridgehead atoms. The van der Waals surface area contributed by atoms with Crippen molar-refractivity contribution >= 4 is 11.3 Å². The quantitative estimate of drug-likeness (QED) is 0.856. The Morgan fingerprint density at radius 2 is 2.47 bits per heavy atom. The summed E-state index contributed by atoms with van der Waals surface area (Å²) < 4.78 is 1.79. The highest BCUT2D eigenvalue weighted by Gasteiger charge is 2.07. The van der Waals surface area contributed by atoms with Crippen LogP contribution in [0.5, 0.6) is 0 Å². The van der Waals surface area contributed by atoms with E-state index in [0.29, 0.717) is 6.04 Å². The lowest BCUT2D eigenvalue weighted by Gasteiger charge is -2.11. The molecular weight excluding hydrogens is 208 g/mol. The largest absolute Gasteiger partial charge is 0.302 e. The molecular formula is C10H14N4S. The van der Waals surface area contributed by atoms with Crippen molar-refractivity contribution in [1.29, 1.82) is 0 Å². The second-order valence-electron chi connectivity index (χ2n) is 3.42. The van der Waals surface area contributed by atoms with Crippen molar-refractivity contribution in [3.05, 3.63) is 34.5 Å². The van der Waals surface area contributed by atoms with Gasteiger partial charge in [-0.15, -0.1) is 11.3 Å². The van der Waals surface area contributed by atoms with Gasteiger partial charge in [-0.25, -0.2) is 4.98 Å². The SMILES string of the molecule is CC(NCc1ncnn1C)c1cccs1. The van der Waals surface area contributed by atoms with Gasteiger partial charge in [0, 0.05) is 18.0 Å².